The van der Waals surface area contributed by atoms with Gasteiger partial charge in [0.25, 0.3) is 9.70 Å². The Hall–Kier alpha value is -0.490. The SMILES string of the molecule is O=C(NP(=O)(NCc1ccccc1Cl)NCc1ccccc1Cl)C(Cl)(Cl)Cl. The van der Waals surface area contributed by atoms with E-state index in [4.69, 9.17) is 58.0 Å². The Morgan fingerprint density at radius 2 is 1.26 bits per heavy atom. The molecule has 0 bridgehead atoms. The Kier molecular flexibility index (Phi) is 8.29. The molecule has 2 aromatic rings. The number of carbonyl (C=O) groups is 1. The van der Waals surface area contributed by atoms with Gasteiger partial charge in [0.15, 0.2) is 0 Å². The van der Waals surface area contributed by atoms with Gasteiger partial charge in [0.05, 0.1) is 0 Å². The fraction of sp³-hybridized carbons (Fsp3) is 0.188. The van der Waals surface area contributed by atoms with E-state index in [9.17, 15) is 9.36 Å². The minimum absolute atomic E-state index is 0.104. The van der Waals surface area contributed by atoms with Crippen molar-refractivity contribution < 1.29 is 9.36 Å². The Balaban J connectivity index is 2.17. The molecule has 0 saturated carbocycles. The van der Waals surface area contributed by atoms with Crippen LogP contribution in [0.5, 0.6) is 0 Å². The number of amides is 1. The van der Waals surface area contributed by atoms with Crippen molar-refractivity contribution in [1.29, 1.82) is 0 Å². The van der Waals surface area contributed by atoms with Crippen molar-refractivity contribution in [2.45, 2.75) is 16.9 Å². The van der Waals surface area contributed by atoms with Crippen LogP contribution in [0.3, 0.4) is 0 Å². The fourth-order valence-corrected chi connectivity index (χ4v) is 4.27. The molecule has 11 heteroatoms. The molecule has 0 aliphatic heterocycles. The predicted molar refractivity (Wildman–Crippen MR) is 113 cm³/mol. The molecule has 0 saturated heterocycles. The number of rotatable bonds is 7. The number of hydrogen-bond donors (Lipinski definition) is 3. The molecule has 0 unspecified atom stereocenters. The van der Waals surface area contributed by atoms with Crippen LogP contribution in [-0.2, 0) is 22.4 Å². The zero-order chi connectivity index (χ0) is 20.1. The van der Waals surface area contributed by atoms with Crippen LogP contribution in [0.2, 0.25) is 10.0 Å². The molecule has 0 aliphatic rings. The lowest BCUT2D eigenvalue weighted by molar-refractivity contribution is -0.118. The zero-order valence-electron chi connectivity index (χ0n) is 13.7. The zero-order valence-corrected chi connectivity index (χ0v) is 18.4. The summed E-state index contributed by atoms with van der Waals surface area (Å²) in [4.78, 5) is 12.0. The second-order valence-electron chi connectivity index (χ2n) is 5.40. The van der Waals surface area contributed by atoms with Crippen molar-refractivity contribution in [2.24, 2.45) is 0 Å². The Bertz CT molecular complexity index is 806. The van der Waals surface area contributed by atoms with E-state index in [-0.39, 0.29) is 13.1 Å². The highest BCUT2D eigenvalue weighted by atomic mass is 35.6. The summed E-state index contributed by atoms with van der Waals surface area (Å²) >= 11 is 28.9. The molecule has 2 aromatic carbocycles. The second-order valence-corrected chi connectivity index (χ2v) is 10.6. The molecule has 0 aliphatic carbocycles. The third-order valence-corrected chi connectivity index (χ3v) is 6.39. The molecule has 5 nitrogen and oxygen atoms in total. The number of carbonyl (C=O) groups excluding carboxylic acids is 1. The predicted octanol–water partition coefficient (Wildman–Crippen LogP) is 5.47. The number of halogens is 5. The lowest BCUT2D eigenvalue weighted by atomic mass is 10.2. The van der Waals surface area contributed by atoms with Gasteiger partial charge >= 0.3 is 7.59 Å². The smallest absolute Gasteiger partial charge is 0.279 e. The number of benzene rings is 2. The molecule has 2 rings (SSSR count). The van der Waals surface area contributed by atoms with Crippen molar-refractivity contribution in [3.05, 3.63) is 69.7 Å². The summed E-state index contributed by atoms with van der Waals surface area (Å²) in [6.07, 6.45) is 0. The van der Waals surface area contributed by atoms with Gasteiger partial charge in [-0.15, -0.1) is 0 Å². The highest BCUT2D eigenvalue weighted by Gasteiger charge is 2.36. The summed E-state index contributed by atoms with van der Waals surface area (Å²) in [7, 11) is -3.71. The number of hydrogen-bond acceptors (Lipinski definition) is 2. The van der Waals surface area contributed by atoms with Gasteiger partial charge in [0.1, 0.15) is 0 Å². The maximum Gasteiger partial charge on any atom is 0.306 e. The molecule has 0 spiro atoms. The summed E-state index contributed by atoms with van der Waals surface area (Å²) in [6, 6.07) is 14.0. The van der Waals surface area contributed by atoms with Crippen LogP contribution in [0.4, 0.5) is 0 Å². The summed E-state index contributed by atoms with van der Waals surface area (Å²) in [5, 5.41) is 8.70. The fourth-order valence-electron chi connectivity index (χ4n) is 2.02. The van der Waals surface area contributed by atoms with Crippen LogP contribution in [0.15, 0.2) is 48.5 Å². The molecule has 0 radical (unpaired) electrons. The molecule has 0 atom stereocenters. The minimum Gasteiger partial charge on any atom is -0.279 e. The monoisotopic (exact) mass is 487 g/mol. The van der Waals surface area contributed by atoms with E-state index in [0.717, 1.165) is 0 Å². The van der Waals surface area contributed by atoms with Gasteiger partial charge in [0.2, 0.25) is 0 Å². The van der Waals surface area contributed by atoms with Crippen molar-refractivity contribution in [2.75, 3.05) is 0 Å². The van der Waals surface area contributed by atoms with E-state index in [1.54, 1.807) is 48.5 Å². The molecule has 1 amide bonds. The van der Waals surface area contributed by atoms with Crippen LogP contribution in [0.25, 0.3) is 0 Å². The summed E-state index contributed by atoms with van der Waals surface area (Å²) < 4.78 is 11.0. The first-order chi connectivity index (χ1) is 12.6. The van der Waals surface area contributed by atoms with E-state index in [1.165, 1.54) is 0 Å². The highest BCUT2D eigenvalue weighted by molar-refractivity contribution is 7.58. The molecule has 3 N–H and O–H groups in total. The highest BCUT2D eigenvalue weighted by Crippen LogP contribution is 2.36. The largest absolute Gasteiger partial charge is 0.306 e. The van der Waals surface area contributed by atoms with Crippen LogP contribution in [0, 0.1) is 0 Å². The molecular formula is C16H15Cl5N3O2P. The maximum atomic E-state index is 13.2. The molecule has 0 fully saturated rings. The number of nitrogens with one attached hydrogen (secondary N) is 3. The summed E-state index contributed by atoms with van der Waals surface area (Å²) in [5.41, 5.74) is 1.36. The molecule has 0 heterocycles. The van der Waals surface area contributed by atoms with Gasteiger partial charge in [-0.25, -0.2) is 10.2 Å². The Morgan fingerprint density at radius 1 is 0.852 bits per heavy atom. The average molecular weight is 490 g/mol. The molecule has 0 aromatic heterocycles. The Morgan fingerprint density at radius 3 is 1.63 bits per heavy atom. The molecule has 146 valence electrons. The second kappa shape index (κ2) is 9.82. The summed E-state index contributed by atoms with van der Waals surface area (Å²) in [5.74, 6) is -1.03. The lowest BCUT2D eigenvalue weighted by Gasteiger charge is -2.24. The van der Waals surface area contributed by atoms with Crippen LogP contribution in [0.1, 0.15) is 11.1 Å². The molecule has 27 heavy (non-hydrogen) atoms. The minimum atomic E-state index is -3.71. The van der Waals surface area contributed by atoms with Crippen molar-refractivity contribution in [1.82, 2.24) is 15.3 Å². The molecular weight excluding hydrogens is 474 g/mol. The topological polar surface area (TPSA) is 70.2 Å². The van der Waals surface area contributed by atoms with Crippen molar-refractivity contribution in [3.63, 3.8) is 0 Å². The first-order valence-corrected chi connectivity index (χ1v) is 11.2. The van der Waals surface area contributed by atoms with Crippen LogP contribution < -0.4 is 15.3 Å². The van der Waals surface area contributed by atoms with Crippen molar-refractivity contribution in [3.8, 4) is 0 Å². The third kappa shape index (κ3) is 7.12. The van der Waals surface area contributed by atoms with Crippen molar-refractivity contribution >= 4 is 71.5 Å². The maximum absolute atomic E-state index is 13.2. The van der Waals surface area contributed by atoms with Gasteiger partial charge in [0, 0.05) is 23.1 Å². The quantitative estimate of drug-likeness (QED) is 0.357. The van der Waals surface area contributed by atoms with Gasteiger partial charge in [-0.3, -0.25) is 14.4 Å². The van der Waals surface area contributed by atoms with Crippen LogP contribution >= 0.6 is 65.6 Å². The first-order valence-electron chi connectivity index (χ1n) is 7.57. The van der Waals surface area contributed by atoms with Gasteiger partial charge in [-0.05, 0) is 23.3 Å². The van der Waals surface area contributed by atoms with Gasteiger partial charge in [-0.2, -0.15) is 0 Å². The first kappa shape index (κ1) is 22.8. The van der Waals surface area contributed by atoms with Gasteiger partial charge < -0.3 is 0 Å². The van der Waals surface area contributed by atoms with E-state index in [0.29, 0.717) is 21.2 Å². The summed E-state index contributed by atoms with van der Waals surface area (Å²) in [6.45, 7) is 0.208. The average Bonchev–Trinajstić information content (AvgIpc) is 2.60. The number of alkyl halides is 3. The third-order valence-electron chi connectivity index (χ3n) is 3.42. The standard InChI is InChI=1S/C16H15Cl5N3O2P/c17-13-7-3-1-5-11(13)9-22-27(26,24-15(25)16(19,20)21)23-10-12-6-2-4-8-14(12)18/h1-8H,9-10H2,(H3,22,23,24,25,26). The normalized spacial score (nSPS) is 12.0. The Labute approximate surface area is 182 Å². The van der Waals surface area contributed by atoms with E-state index in [2.05, 4.69) is 15.3 Å². The van der Waals surface area contributed by atoms with Crippen LogP contribution in [-0.4, -0.2) is 9.70 Å². The van der Waals surface area contributed by atoms with E-state index in [1.807, 2.05) is 0 Å². The van der Waals surface area contributed by atoms with E-state index >= 15 is 0 Å². The van der Waals surface area contributed by atoms with E-state index < -0.39 is 17.3 Å². The lowest BCUT2D eigenvalue weighted by Crippen LogP contribution is -2.40. The van der Waals surface area contributed by atoms with Gasteiger partial charge in [-0.1, -0.05) is 94.4 Å².